The van der Waals surface area contributed by atoms with Crippen LogP contribution in [0.5, 0.6) is 0 Å². The van der Waals surface area contributed by atoms with Crippen molar-refractivity contribution in [2.45, 2.75) is 19.0 Å². The number of halogens is 5. The van der Waals surface area contributed by atoms with Crippen molar-refractivity contribution in [3.8, 4) is 0 Å². The third kappa shape index (κ3) is 2.91. The highest BCUT2D eigenvalue weighted by Crippen LogP contribution is 2.36. The van der Waals surface area contributed by atoms with Gasteiger partial charge in [0.25, 0.3) is 0 Å². The predicted octanol–water partition coefficient (Wildman–Crippen LogP) is 3.56. The topological polar surface area (TPSA) is 20.3 Å². The first-order valence-electron chi connectivity index (χ1n) is 6.09. The number of carbonyl (C=O) groups excluding carboxylic acids is 1. The Morgan fingerprint density at radius 2 is 1.80 bits per heavy atom. The van der Waals surface area contributed by atoms with E-state index in [1.165, 1.54) is 0 Å². The minimum Gasteiger partial charge on any atom is -0.366 e. The number of nitrogens with zero attached hydrogens (tertiary/aromatic N) is 1. The van der Waals surface area contributed by atoms with Crippen LogP contribution in [-0.4, -0.2) is 25.6 Å². The SMILES string of the molecule is O=Cc1cc(F)c(N2CCCC(C(F)(F)F)C2)c(F)c1. The maximum atomic E-state index is 13.8. The maximum Gasteiger partial charge on any atom is 0.393 e. The number of alkyl halides is 3. The fourth-order valence-electron chi connectivity index (χ4n) is 2.40. The molecule has 0 radical (unpaired) electrons. The highest BCUT2D eigenvalue weighted by Gasteiger charge is 2.42. The zero-order valence-electron chi connectivity index (χ0n) is 10.4. The van der Waals surface area contributed by atoms with E-state index in [2.05, 4.69) is 0 Å². The first-order chi connectivity index (χ1) is 9.32. The summed E-state index contributed by atoms with van der Waals surface area (Å²) in [5, 5.41) is 0. The maximum absolute atomic E-state index is 13.8. The molecule has 7 heteroatoms. The van der Waals surface area contributed by atoms with Gasteiger partial charge in [0.05, 0.1) is 5.92 Å². The molecule has 110 valence electrons. The molecule has 1 heterocycles. The van der Waals surface area contributed by atoms with Gasteiger partial charge in [-0.05, 0) is 25.0 Å². The van der Waals surface area contributed by atoms with Crippen LogP contribution in [0.3, 0.4) is 0 Å². The van der Waals surface area contributed by atoms with Gasteiger partial charge in [0, 0.05) is 18.7 Å². The van der Waals surface area contributed by atoms with E-state index in [0.29, 0.717) is 0 Å². The van der Waals surface area contributed by atoms with Crippen LogP contribution in [-0.2, 0) is 0 Å². The number of anilines is 1. The van der Waals surface area contributed by atoms with Gasteiger partial charge < -0.3 is 4.90 Å². The van der Waals surface area contributed by atoms with Crippen molar-refractivity contribution in [2.75, 3.05) is 18.0 Å². The lowest BCUT2D eigenvalue weighted by Crippen LogP contribution is -2.42. The molecule has 1 fully saturated rings. The van der Waals surface area contributed by atoms with Crippen molar-refractivity contribution in [2.24, 2.45) is 5.92 Å². The molecular weight excluding hydrogens is 281 g/mol. The molecule has 0 spiro atoms. The molecule has 1 aromatic rings. The molecule has 2 nitrogen and oxygen atoms in total. The highest BCUT2D eigenvalue weighted by atomic mass is 19.4. The van der Waals surface area contributed by atoms with Crippen LogP contribution in [0.25, 0.3) is 0 Å². The number of hydrogen-bond acceptors (Lipinski definition) is 2. The minimum atomic E-state index is -4.38. The van der Waals surface area contributed by atoms with Crippen LogP contribution in [0.2, 0.25) is 0 Å². The summed E-state index contributed by atoms with van der Waals surface area (Å²) in [7, 11) is 0. The zero-order chi connectivity index (χ0) is 14.9. The second kappa shape index (κ2) is 5.38. The summed E-state index contributed by atoms with van der Waals surface area (Å²) in [6, 6.07) is 1.64. The van der Waals surface area contributed by atoms with Gasteiger partial charge in [-0.25, -0.2) is 8.78 Å². The molecule has 0 saturated carbocycles. The van der Waals surface area contributed by atoms with Gasteiger partial charge in [-0.2, -0.15) is 13.2 Å². The lowest BCUT2D eigenvalue weighted by molar-refractivity contribution is -0.176. The van der Waals surface area contributed by atoms with Gasteiger partial charge in [-0.15, -0.1) is 0 Å². The molecule has 1 aromatic carbocycles. The van der Waals surface area contributed by atoms with Crippen LogP contribution >= 0.6 is 0 Å². The van der Waals surface area contributed by atoms with Crippen LogP contribution in [0, 0.1) is 17.6 Å². The number of hydrogen-bond donors (Lipinski definition) is 0. The lowest BCUT2D eigenvalue weighted by atomic mass is 9.96. The number of rotatable bonds is 2. The van der Waals surface area contributed by atoms with E-state index >= 15 is 0 Å². The van der Waals surface area contributed by atoms with Crippen LogP contribution in [0.1, 0.15) is 23.2 Å². The average molecular weight is 293 g/mol. The highest BCUT2D eigenvalue weighted by molar-refractivity contribution is 5.76. The minimum absolute atomic E-state index is 0.0460. The molecule has 1 unspecified atom stereocenters. The molecular formula is C13H12F5NO. The summed E-state index contributed by atoms with van der Waals surface area (Å²) in [6.07, 6.45) is -3.94. The van der Waals surface area contributed by atoms with Crippen molar-refractivity contribution in [1.29, 1.82) is 0 Å². The third-order valence-corrected chi connectivity index (χ3v) is 3.38. The monoisotopic (exact) mass is 293 g/mol. The largest absolute Gasteiger partial charge is 0.393 e. The summed E-state index contributed by atoms with van der Waals surface area (Å²) < 4.78 is 65.6. The van der Waals surface area contributed by atoms with E-state index in [-0.39, 0.29) is 31.2 Å². The van der Waals surface area contributed by atoms with E-state index < -0.39 is 36.0 Å². The Bertz CT molecular complexity index is 491. The average Bonchev–Trinajstić information content (AvgIpc) is 2.37. The number of piperidine rings is 1. The van der Waals surface area contributed by atoms with Crippen molar-refractivity contribution in [3.05, 3.63) is 29.3 Å². The Hall–Kier alpha value is -1.66. The Kier molecular flexibility index (Phi) is 3.96. The van der Waals surface area contributed by atoms with Crippen molar-refractivity contribution >= 4 is 12.0 Å². The van der Waals surface area contributed by atoms with Gasteiger partial charge in [0.1, 0.15) is 23.6 Å². The molecule has 1 aliphatic rings. The fraction of sp³-hybridized carbons (Fsp3) is 0.462. The Morgan fingerprint density at radius 1 is 1.20 bits per heavy atom. The molecule has 2 rings (SSSR count). The molecule has 20 heavy (non-hydrogen) atoms. The number of benzene rings is 1. The number of aldehydes is 1. The molecule has 0 N–H and O–H groups in total. The standard InChI is InChI=1S/C13H12F5NO/c14-10-4-8(7-20)5-11(15)12(10)19-3-1-2-9(6-19)13(16,17)18/h4-5,7,9H,1-3,6H2. The molecule has 1 saturated heterocycles. The van der Waals surface area contributed by atoms with Crippen molar-refractivity contribution in [1.82, 2.24) is 0 Å². The van der Waals surface area contributed by atoms with Gasteiger partial charge in [0.15, 0.2) is 0 Å². The van der Waals surface area contributed by atoms with Gasteiger partial charge in [-0.3, -0.25) is 4.79 Å². The van der Waals surface area contributed by atoms with Gasteiger partial charge in [-0.1, -0.05) is 0 Å². The Morgan fingerprint density at radius 3 is 2.30 bits per heavy atom. The normalized spacial score (nSPS) is 20.1. The van der Waals surface area contributed by atoms with E-state index in [1.807, 2.05) is 0 Å². The Labute approximate surface area is 112 Å². The van der Waals surface area contributed by atoms with Gasteiger partial charge in [0.2, 0.25) is 0 Å². The molecule has 1 atom stereocenters. The molecule has 0 amide bonds. The summed E-state index contributed by atoms with van der Waals surface area (Å²) in [5.74, 6) is -3.63. The first-order valence-corrected chi connectivity index (χ1v) is 6.09. The smallest absolute Gasteiger partial charge is 0.366 e. The van der Waals surface area contributed by atoms with Crippen molar-refractivity contribution in [3.63, 3.8) is 0 Å². The summed E-state index contributed by atoms with van der Waals surface area (Å²) in [4.78, 5) is 11.5. The van der Waals surface area contributed by atoms with E-state index in [0.717, 1.165) is 17.0 Å². The summed E-state index contributed by atoms with van der Waals surface area (Å²) in [6.45, 7) is -0.321. The molecule has 1 aliphatic heterocycles. The molecule has 0 aliphatic carbocycles. The molecule has 0 bridgehead atoms. The van der Waals surface area contributed by atoms with Crippen LogP contribution in [0.4, 0.5) is 27.6 Å². The second-order valence-electron chi connectivity index (χ2n) is 4.78. The fourth-order valence-corrected chi connectivity index (χ4v) is 2.40. The summed E-state index contributed by atoms with van der Waals surface area (Å²) in [5.41, 5.74) is -0.683. The second-order valence-corrected chi connectivity index (χ2v) is 4.78. The first kappa shape index (κ1) is 14.7. The quantitative estimate of drug-likeness (QED) is 0.614. The lowest BCUT2D eigenvalue weighted by Gasteiger charge is -2.35. The van der Waals surface area contributed by atoms with Crippen molar-refractivity contribution < 1.29 is 26.7 Å². The van der Waals surface area contributed by atoms with Crippen LogP contribution in [0.15, 0.2) is 12.1 Å². The van der Waals surface area contributed by atoms with Gasteiger partial charge >= 0.3 is 6.18 Å². The van der Waals surface area contributed by atoms with E-state index in [9.17, 15) is 26.7 Å². The zero-order valence-corrected chi connectivity index (χ0v) is 10.4. The summed E-state index contributed by atoms with van der Waals surface area (Å²) >= 11 is 0. The van der Waals surface area contributed by atoms with E-state index in [1.54, 1.807) is 0 Å². The third-order valence-electron chi connectivity index (χ3n) is 3.38. The van der Waals surface area contributed by atoms with Crippen LogP contribution < -0.4 is 4.90 Å². The van der Waals surface area contributed by atoms with E-state index in [4.69, 9.17) is 0 Å². The number of carbonyl (C=O) groups is 1. The predicted molar refractivity (Wildman–Crippen MR) is 62.7 cm³/mol. The molecule has 0 aromatic heterocycles. The Balaban J connectivity index is 2.30.